The van der Waals surface area contributed by atoms with Crippen molar-refractivity contribution in [3.05, 3.63) is 224 Å². The minimum atomic E-state index is -0.873. The molecule has 0 atom stereocenters. The van der Waals surface area contributed by atoms with Crippen LogP contribution >= 0.6 is 0 Å². The third-order valence-electron chi connectivity index (χ3n) is 8.76. The first-order chi connectivity index (χ1) is 33.4. The number of nitrogens with zero attached hydrogens (tertiary/aromatic N) is 1. The van der Waals surface area contributed by atoms with Gasteiger partial charge in [0.05, 0.1) is 29.0 Å². The third kappa shape index (κ3) is 6.65. The number of rotatable bonds is 8. The highest BCUT2D eigenvalue weighted by Gasteiger charge is 2.17. The van der Waals surface area contributed by atoms with Crippen molar-refractivity contribution in [3.8, 4) is 55.6 Å². The zero-order chi connectivity index (χ0) is 50.2. The molecule has 0 N–H and O–H groups in total. The Kier molecular flexibility index (Phi) is 5.01. The number of para-hydroxylation sites is 1. The summed E-state index contributed by atoms with van der Waals surface area (Å²) in [6, 6.07) is 23.9. The van der Waals surface area contributed by atoms with Gasteiger partial charge in [0.1, 0.15) is 0 Å². The molecular formula is C52H37N. The van der Waals surface area contributed by atoms with Gasteiger partial charge in [-0.15, -0.1) is 0 Å². The lowest BCUT2D eigenvalue weighted by Crippen LogP contribution is -2.11. The standard InChI is InChI=1S/C52H37N/c1-3-12-38(13-4-1)40-22-24-41(25-23-40)42-28-32-49(33-29-42)53(52-21-10-9-20-51(52)44-15-5-2-6-16-44)50-34-30-43(31-35-50)46-18-11-19-47(36-46)48-27-26-39-14-7-8-17-45(39)37-48/h1-37H/i1D,3D,4D,12D,13D,22D,23D,24D,25D,28D,29D,30D,31D,32D,33D,34D,35D. The molecule has 0 heterocycles. The van der Waals surface area contributed by atoms with Gasteiger partial charge in [-0.25, -0.2) is 0 Å². The Bertz CT molecular complexity index is 3530. The van der Waals surface area contributed by atoms with Crippen LogP contribution in [0.1, 0.15) is 23.3 Å². The summed E-state index contributed by atoms with van der Waals surface area (Å²) >= 11 is 0. The first kappa shape index (κ1) is 18.5. The van der Waals surface area contributed by atoms with Gasteiger partial charge in [0.15, 0.2) is 0 Å². The van der Waals surface area contributed by atoms with Crippen LogP contribution in [0.5, 0.6) is 0 Å². The number of hydrogen-bond donors (Lipinski definition) is 0. The molecule has 9 aromatic carbocycles. The van der Waals surface area contributed by atoms with Crippen LogP contribution in [0, 0.1) is 0 Å². The summed E-state index contributed by atoms with van der Waals surface area (Å²) in [5, 5.41) is 2.05. The fourth-order valence-corrected chi connectivity index (χ4v) is 6.15. The van der Waals surface area contributed by atoms with Crippen molar-refractivity contribution in [2.45, 2.75) is 0 Å². The van der Waals surface area contributed by atoms with E-state index in [1.54, 1.807) is 72.8 Å². The topological polar surface area (TPSA) is 3.24 Å². The van der Waals surface area contributed by atoms with E-state index in [1.807, 2.05) is 48.5 Å². The van der Waals surface area contributed by atoms with Crippen LogP contribution in [-0.2, 0) is 0 Å². The van der Waals surface area contributed by atoms with E-state index >= 15 is 0 Å². The van der Waals surface area contributed by atoms with E-state index < -0.39 is 136 Å². The van der Waals surface area contributed by atoms with E-state index in [0.717, 1.165) is 26.8 Å². The average molecular weight is 693 g/mol. The van der Waals surface area contributed by atoms with E-state index in [2.05, 4.69) is 0 Å². The minimum Gasteiger partial charge on any atom is -0.310 e. The fraction of sp³-hybridized carbons (Fsp3) is 0. The first-order valence-corrected chi connectivity index (χ1v) is 16.8. The quantitative estimate of drug-likeness (QED) is 0.153. The van der Waals surface area contributed by atoms with Crippen LogP contribution in [0.15, 0.2) is 224 Å². The SMILES string of the molecule is [2H]c1c([2H])c([2H])c(-c2c([2H])c([2H])c(-c3c([2H])c([2H])c(N(c4ccccc4-c4ccccc4)c4c([2H])c([2H])c(-c5cccc(-c6ccc7ccccc7c6)c5)c([2H])c4[2H])c([2H])c3[2H])c([2H])c2[2H])c([2H])c1[2H]. The van der Waals surface area contributed by atoms with E-state index in [1.165, 1.54) is 0 Å². The second kappa shape index (κ2) is 14.3. The van der Waals surface area contributed by atoms with Crippen molar-refractivity contribution < 1.29 is 23.3 Å². The molecule has 0 bridgehead atoms. The van der Waals surface area contributed by atoms with Crippen LogP contribution < -0.4 is 4.90 Å². The minimum absolute atomic E-state index is 0.0250. The summed E-state index contributed by atoms with van der Waals surface area (Å²) in [4.78, 5) is 1.15. The van der Waals surface area contributed by atoms with E-state index in [0.29, 0.717) is 16.7 Å². The number of hydrogen-bond acceptors (Lipinski definition) is 1. The predicted molar refractivity (Wildman–Crippen MR) is 226 cm³/mol. The molecule has 0 aromatic heterocycles. The molecule has 9 rings (SSSR count). The highest BCUT2D eigenvalue weighted by Crippen LogP contribution is 2.42. The highest BCUT2D eigenvalue weighted by molar-refractivity contribution is 5.90. The predicted octanol–water partition coefficient (Wildman–Crippen LogP) is 14.6. The van der Waals surface area contributed by atoms with Gasteiger partial charge in [0, 0.05) is 16.9 Å². The Morgan fingerprint density at radius 1 is 0.302 bits per heavy atom. The second-order valence-corrected chi connectivity index (χ2v) is 12.1. The summed E-state index contributed by atoms with van der Waals surface area (Å²) in [7, 11) is 0. The Morgan fingerprint density at radius 2 is 0.774 bits per heavy atom. The van der Waals surface area contributed by atoms with Crippen molar-refractivity contribution in [3.63, 3.8) is 0 Å². The Morgan fingerprint density at radius 3 is 1.43 bits per heavy atom. The largest absolute Gasteiger partial charge is 0.310 e. The molecule has 1 heteroatoms. The summed E-state index contributed by atoms with van der Waals surface area (Å²) in [5.74, 6) is 0. The zero-order valence-electron chi connectivity index (χ0n) is 45.0. The lowest BCUT2D eigenvalue weighted by atomic mass is 9.97. The van der Waals surface area contributed by atoms with E-state index in [-0.39, 0.29) is 11.3 Å². The third-order valence-corrected chi connectivity index (χ3v) is 8.76. The van der Waals surface area contributed by atoms with Crippen molar-refractivity contribution >= 4 is 27.8 Å². The summed E-state index contributed by atoms with van der Waals surface area (Å²) in [6.07, 6.45) is 0. The fourth-order valence-electron chi connectivity index (χ4n) is 6.15. The van der Waals surface area contributed by atoms with Crippen LogP contribution in [-0.4, -0.2) is 0 Å². The first-order valence-electron chi connectivity index (χ1n) is 25.3. The zero-order valence-corrected chi connectivity index (χ0v) is 28.0. The molecule has 0 aliphatic carbocycles. The van der Waals surface area contributed by atoms with Crippen LogP contribution in [0.4, 0.5) is 17.1 Å². The molecule has 9 aromatic rings. The second-order valence-electron chi connectivity index (χ2n) is 12.1. The van der Waals surface area contributed by atoms with E-state index in [9.17, 15) is 11.0 Å². The molecule has 0 fully saturated rings. The van der Waals surface area contributed by atoms with Gasteiger partial charge >= 0.3 is 0 Å². The summed E-state index contributed by atoms with van der Waals surface area (Å²) in [6.45, 7) is 0. The van der Waals surface area contributed by atoms with Crippen molar-refractivity contribution in [1.29, 1.82) is 0 Å². The van der Waals surface area contributed by atoms with Gasteiger partial charge in [0.25, 0.3) is 0 Å². The van der Waals surface area contributed by atoms with Crippen LogP contribution in [0.2, 0.25) is 0 Å². The highest BCUT2D eigenvalue weighted by atomic mass is 15.1. The molecule has 0 radical (unpaired) electrons. The summed E-state index contributed by atoms with van der Waals surface area (Å²) in [5.41, 5.74) is -0.247. The maximum atomic E-state index is 9.62. The monoisotopic (exact) mass is 692 g/mol. The van der Waals surface area contributed by atoms with Crippen LogP contribution in [0.25, 0.3) is 66.4 Å². The van der Waals surface area contributed by atoms with Gasteiger partial charge in [-0.2, -0.15) is 0 Å². The maximum Gasteiger partial charge on any atom is 0.0645 e. The Labute approximate surface area is 335 Å². The molecule has 0 spiro atoms. The van der Waals surface area contributed by atoms with Gasteiger partial charge in [-0.1, -0.05) is 182 Å². The smallest absolute Gasteiger partial charge is 0.0645 e. The number of anilines is 3. The lowest BCUT2D eigenvalue weighted by molar-refractivity contribution is 1.28. The maximum absolute atomic E-state index is 9.62. The van der Waals surface area contributed by atoms with Gasteiger partial charge in [0.2, 0.25) is 0 Å². The molecule has 250 valence electrons. The van der Waals surface area contributed by atoms with E-state index in [4.69, 9.17) is 12.3 Å². The molecule has 0 aliphatic rings. The van der Waals surface area contributed by atoms with Crippen molar-refractivity contribution in [2.24, 2.45) is 0 Å². The molecule has 0 amide bonds. The molecular weight excluding hydrogens is 639 g/mol. The molecule has 53 heavy (non-hydrogen) atoms. The molecule has 1 nitrogen and oxygen atoms in total. The van der Waals surface area contributed by atoms with Crippen molar-refractivity contribution in [2.75, 3.05) is 4.90 Å². The van der Waals surface area contributed by atoms with Gasteiger partial charge in [-0.3, -0.25) is 0 Å². The Balaban J connectivity index is 1.28. The lowest BCUT2D eigenvalue weighted by Gasteiger charge is -2.28. The molecule has 0 saturated heterocycles. The summed E-state index contributed by atoms with van der Waals surface area (Å²) < 4.78 is 154. The number of fused-ring (bicyclic) bond motifs is 1. The van der Waals surface area contributed by atoms with Gasteiger partial charge in [-0.05, 0) is 103 Å². The molecule has 0 unspecified atom stereocenters. The normalized spacial score (nSPS) is 15.5. The molecule has 0 saturated carbocycles. The van der Waals surface area contributed by atoms with Crippen molar-refractivity contribution in [1.82, 2.24) is 0 Å². The Hall–Kier alpha value is -6.96. The number of benzene rings is 9. The average Bonchev–Trinajstić information content (AvgIpc) is 3.37. The molecule has 0 aliphatic heterocycles. The van der Waals surface area contributed by atoms with Gasteiger partial charge < -0.3 is 4.90 Å². The van der Waals surface area contributed by atoms with Crippen LogP contribution in [0.3, 0.4) is 0 Å².